The lowest BCUT2D eigenvalue weighted by Gasteiger charge is -1.95. The summed E-state index contributed by atoms with van der Waals surface area (Å²) in [6.45, 7) is 0. The molecule has 0 saturated carbocycles. The van der Waals surface area contributed by atoms with Crippen LogP contribution in [0, 0.1) is 4.64 Å². The summed E-state index contributed by atoms with van der Waals surface area (Å²) in [4.78, 5) is 0. The smallest absolute Gasteiger partial charge is 0.119 e. The maximum Gasteiger partial charge on any atom is 0.119 e. The molecule has 0 unspecified atom stereocenters. The highest BCUT2D eigenvalue weighted by Gasteiger charge is 1.97. The zero-order chi connectivity index (χ0) is 9.26. The zero-order valence-corrected chi connectivity index (χ0v) is 8.25. The number of aromatic amines is 2. The van der Waals surface area contributed by atoms with Gasteiger partial charge in [0.1, 0.15) is 4.64 Å². The van der Waals surface area contributed by atoms with E-state index in [4.69, 9.17) is 23.8 Å². The van der Waals surface area contributed by atoms with Crippen molar-refractivity contribution in [3.8, 4) is 11.3 Å². The molecule has 2 nitrogen and oxygen atoms in total. The van der Waals surface area contributed by atoms with Gasteiger partial charge in [-0.2, -0.15) is 0 Å². The highest BCUT2D eigenvalue weighted by Crippen LogP contribution is 2.18. The van der Waals surface area contributed by atoms with Gasteiger partial charge in [-0.3, -0.25) is 10.2 Å². The molecule has 0 fully saturated rings. The van der Waals surface area contributed by atoms with Crippen LogP contribution in [0.5, 0.6) is 0 Å². The zero-order valence-electron chi connectivity index (χ0n) is 6.67. The lowest BCUT2D eigenvalue weighted by molar-refractivity contribution is 1.08. The van der Waals surface area contributed by atoms with Gasteiger partial charge < -0.3 is 0 Å². The van der Waals surface area contributed by atoms with Gasteiger partial charge in [0.25, 0.3) is 0 Å². The van der Waals surface area contributed by atoms with E-state index in [9.17, 15) is 0 Å². The normalized spacial score (nSPS) is 10.2. The van der Waals surface area contributed by atoms with Crippen molar-refractivity contribution in [1.29, 1.82) is 0 Å². The molecule has 0 atom stereocenters. The molecular formula is C9H7ClN2S. The average molecular weight is 211 g/mol. The predicted molar refractivity (Wildman–Crippen MR) is 56.4 cm³/mol. The Morgan fingerprint density at radius 2 is 1.77 bits per heavy atom. The summed E-state index contributed by atoms with van der Waals surface area (Å²) in [5, 5.41) is 6.54. The van der Waals surface area contributed by atoms with Crippen molar-refractivity contribution < 1.29 is 0 Å². The van der Waals surface area contributed by atoms with Gasteiger partial charge in [-0.05, 0) is 23.8 Å². The third-order valence-electron chi connectivity index (χ3n) is 1.75. The molecule has 2 rings (SSSR count). The lowest BCUT2D eigenvalue weighted by atomic mass is 10.2. The third kappa shape index (κ3) is 1.82. The number of halogens is 1. The van der Waals surface area contributed by atoms with Crippen LogP contribution in [0.2, 0.25) is 5.02 Å². The maximum atomic E-state index is 5.77. The molecule has 0 bridgehead atoms. The minimum Gasteiger partial charge on any atom is -0.299 e. The number of benzene rings is 1. The van der Waals surface area contributed by atoms with Crippen LogP contribution < -0.4 is 0 Å². The van der Waals surface area contributed by atoms with E-state index >= 15 is 0 Å². The van der Waals surface area contributed by atoms with Gasteiger partial charge in [-0.15, -0.1) is 0 Å². The Hall–Kier alpha value is -1.06. The Morgan fingerprint density at radius 3 is 2.31 bits per heavy atom. The number of hydrogen-bond donors (Lipinski definition) is 2. The van der Waals surface area contributed by atoms with Crippen LogP contribution in [-0.2, 0) is 0 Å². The molecule has 0 aliphatic carbocycles. The second-order valence-electron chi connectivity index (χ2n) is 2.68. The van der Waals surface area contributed by atoms with Gasteiger partial charge in [-0.25, -0.2) is 0 Å². The number of rotatable bonds is 1. The summed E-state index contributed by atoms with van der Waals surface area (Å²) < 4.78 is 0.699. The summed E-state index contributed by atoms with van der Waals surface area (Å²) in [6, 6.07) is 9.45. The molecule has 1 heterocycles. The van der Waals surface area contributed by atoms with E-state index in [2.05, 4.69) is 10.2 Å². The van der Waals surface area contributed by atoms with E-state index in [1.807, 2.05) is 30.3 Å². The second-order valence-corrected chi connectivity index (χ2v) is 3.56. The van der Waals surface area contributed by atoms with Gasteiger partial charge >= 0.3 is 0 Å². The van der Waals surface area contributed by atoms with Crippen LogP contribution in [0.4, 0.5) is 0 Å². The highest BCUT2D eigenvalue weighted by atomic mass is 35.5. The summed E-state index contributed by atoms with van der Waals surface area (Å²) >= 11 is 10.7. The molecule has 0 saturated heterocycles. The fourth-order valence-electron chi connectivity index (χ4n) is 1.12. The van der Waals surface area contributed by atoms with Gasteiger partial charge in [-0.1, -0.05) is 36.0 Å². The SMILES string of the molecule is S=c1cc(-c2ccc(Cl)cc2)[nH][nH]1. The van der Waals surface area contributed by atoms with Crippen LogP contribution >= 0.6 is 23.8 Å². The predicted octanol–water partition coefficient (Wildman–Crippen LogP) is 3.39. The fraction of sp³-hybridized carbons (Fsp3) is 0. The number of hydrogen-bond acceptors (Lipinski definition) is 1. The molecular weight excluding hydrogens is 204 g/mol. The Bertz CT molecular complexity index is 455. The topological polar surface area (TPSA) is 31.6 Å². The standard InChI is InChI=1S/C9H7ClN2S/c10-7-3-1-6(2-4-7)8-5-9(13)12-11-8/h1-5H,(H2,11,12,13). The monoisotopic (exact) mass is 210 g/mol. The highest BCUT2D eigenvalue weighted by molar-refractivity contribution is 7.71. The minimum atomic E-state index is 0.699. The summed E-state index contributed by atoms with van der Waals surface area (Å²) in [7, 11) is 0. The van der Waals surface area contributed by atoms with E-state index in [1.165, 1.54) is 0 Å². The van der Waals surface area contributed by atoms with Gasteiger partial charge in [0.15, 0.2) is 0 Å². The van der Waals surface area contributed by atoms with E-state index in [0.29, 0.717) is 4.64 Å². The van der Waals surface area contributed by atoms with Crippen LogP contribution in [0.25, 0.3) is 11.3 Å². The van der Waals surface area contributed by atoms with Crippen LogP contribution in [0.3, 0.4) is 0 Å². The van der Waals surface area contributed by atoms with Crippen molar-refractivity contribution in [1.82, 2.24) is 10.2 Å². The fourth-order valence-corrected chi connectivity index (χ4v) is 1.41. The average Bonchev–Trinajstić information content (AvgIpc) is 2.53. The Balaban J connectivity index is 2.47. The molecule has 0 radical (unpaired) electrons. The first kappa shape index (κ1) is 8.53. The third-order valence-corrected chi connectivity index (χ3v) is 2.22. The van der Waals surface area contributed by atoms with Crippen LogP contribution in [0.15, 0.2) is 30.3 Å². The van der Waals surface area contributed by atoms with Crippen molar-refractivity contribution in [3.05, 3.63) is 40.0 Å². The molecule has 2 N–H and O–H groups in total. The van der Waals surface area contributed by atoms with Crippen molar-refractivity contribution >= 4 is 23.8 Å². The molecule has 0 aliphatic rings. The van der Waals surface area contributed by atoms with Gasteiger partial charge in [0.2, 0.25) is 0 Å². The van der Waals surface area contributed by atoms with E-state index in [1.54, 1.807) is 0 Å². The lowest BCUT2D eigenvalue weighted by Crippen LogP contribution is -1.76. The van der Waals surface area contributed by atoms with E-state index < -0.39 is 0 Å². The Morgan fingerprint density at radius 1 is 1.08 bits per heavy atom. The quantitative estimate of drug-likeness (QED) is 0.695. The molecule has 0 amide bonds. The second kappa shape index (κ2) is 3.36. The van der Waals surface area contributed by atoms with E-state index in [-0.39, 0.29) is 0 Å². The summed E-state index contributed by atoms with van der Waals surface area (Å²) in [5.74, 6) is 0. The molecule has 2 aromatic rings. The van der Waals surface area contributed by atoms with Crippen molar-refractivity contribution in [2.75, 3.05) is 0 Å². The largest absolute Gasteiger partial charge is 0.299 e. The van der Waals surface area contributed by atoms with Crippen LogP contribution in [-0.4, -0.2) is 10.2 Å². The van der Waals surface area contributed by atoms with E-state index in [0.717, 1.165) is 16.3 Å². The van der Waals surface area contributed by atoms with Crippen LogP contribution in [0.1, 0.15) is 0 Å². The maximum absolute atomic E-state index is 5.77. The first-order chi connectivity index (χ1) is 6.25. The minimum absolute atomic E-state index is 0.699. The number of nitrogens with one attached hydrogen (secondary N) is 2. The van der Waals surface area contributed by atoms with Gasteiger partial charge in [0.05, 0.1) is 5.69 Å². The molecule has 0 aliphatic heterocycles. The number of aromatic nitrogens is 2. The summed E-state index contributed by atoms with van der Waals surface area (Å²) in [5.41, 5.74) is 2.04. The Kier molecular flexibility index (Phi) is 2.20. The Labute approximate surface area is 85.5 Å². The molecule has 66 valence electrons. The van der Waals surface area contributed by atoms with Crippen molar-refractivity contribution in [3.63, 3.8) is 0 Å². The summed E-state index contributed by atoms with van der Waals surface area (Å²) in [6.07, 6.45) is 0. The molecule has 1 aromatic carbocycles. The van der Waals surface area contributed by atoms with Crippen molar-refractivity contribution in [2.24, 2.45) is 0 Å². The molecule has 1 aromatic heterocycles. The van der Waals surface area contributed by atoms with Gasteiger partial charge in [0, 0.05) is 5.02 Å². The molecule has 0 spiro atoms. The molecule has 4 heteroatoms. The first-order valence-corrected chi connectivity index (χ1v) is 4.58. The van der Waals surface area contributed by atoms with Crippen molar-refractivity contribution in [2.45, 2.75) is 0 Å². The molecule has 13 heavy (non-hydrogen) atoms. The number of H-pyrrole nitrogens is 2. The first-order valence-electron chi connectivity index (χ1n) is 3.79.